The number of nitro benzene ring substituents is 1. The number of hydrogen-bond acceptors (Lipinski definition) is 5. The van der Waals surface area contributed by atoms with Crippen LogP contribution in [0.25, 0.3) is 0 Å². The van der Waals surface area contributed by atoms with Crippen molar-refractivity contribution in [3.05, 3.63) is 33.9 Å². The number of anilines is 1. The topological polar surface area (TPSA) is 79.4 Å². The molecular formula is C12H13N3O3. The van der Waals surface area contributed by atoms with Crippen LogP contribution in [-0.2, 0) is 4.74 Å². The Morgan fingerprint density at radius 1 is 1.61 bits per heavy atom. The Labute approximate surface area is 105 Å². The molecule has 0 saturated carbocycles. The number of hydrogen-bond donors (Lipinski definition) is 0. The Balaban J connectivity index is 2.23. The van der Waals surface area contributed by atoms with E-state index in [2.05, 4.69) is 6.07 Å². The van der Waals surface area contributed by atoms with Gasteiger partial charge in [0, 0.05) is 24.4 Å². The highest BCUT2D eigenvalue weighted by Crippen LogP contribution is 2.26. The fourth-order valence-electron chi connectivity index (χ4n) is 2.05. The minimum atomic E-state index is -0.437. The normalized spacial score (nSPS) is 19.3. The van der Waals surface area contributed by atoms with Gasteiger partial charge in [0.25, 0.3) is 5.69 Å². The standard InChI is InChI=1S/C12H13N3O3/c1-9-6-10(15(16)17)2-3-12(9)14-4-5-18-11(7-13)8-14/h2-3,6,11H,4-5,8H2,1H3. The lowest BCUT2D eigenvalue weighted by Gasteiger charge is -2.32. The molecule has 1 aromatic carbocycles. The fraction of sp³-hybridized carbons (Fsp3) is 0.417. The number of nitriles is 1. The van der Waals surface area contributed by atoms with Gasteiger partial charge in [-0.25, -0.2) is 0 Å². The fourth-order valence-corrected chi connectivity index (χ4v) is 2.05. The summed E-state index contributed by atoms with van der Waals surface area (Å²) in [5, 5.41) is 19.5. The molecule has 1 aromatic rings. The van der Waals surface area contributed by atoms with Gasteiger partial charge in [0.15, 0.2) is 6.10 Å². The van der Waals surface area contributed by atoms with Gasteiger partial charge >= 0.3 is 0 Å². The maximum absolute atomic E-state index is 10.7. The predicted molar refractivity (Wildman–Crippen MR) is 65.4 cm³/mol. The van der Waals surface area contributed by atoms with E-state index >= 15 is 0 Å². The maximum Gasteiger partial charge on any atom is 0.269 e. The molecular weight excluding hydrogens is 234 g/mol. The SMILES string of the molecule is Cc1cc([N+](=O)[O-])ccc1N1CCOC(C#N)C1. The average molecular weight is 247 g/mol. The van der Waals surface area contributed by atoms with Crippen LogP contribution in [0.1, 0.15) is 5.56 Å². The molecule has 0 spiro atoms. The summed E-state index contributed by atoms with van der Waals surface area (Å²) >= 11 is 0. The second kappa shape index (κ2) is 5.02. The van der Waals surface area contributed by atoms with Crippen molar-refractivity contribution in [2.75, 3.05) is 24.6 Å². The molecule has 1 aliphatic rings. The van der Waals surface area contributed by atoms with Crippen LogP contribution in [0.15, 0.2) is 18.2 Å². The number of nitro groups is 1. The highest BCUT2D eigenvalue weighted by molar-refractivity contribution is 5.57. The van der Waals surface area contributed by atoms with E-state index in [1.165, 1.54) is 6.07 Å². The second-order valence-corrected chi connectivity index (χ2v) is 4.16. The van der Waals surface area contributed by atoms with Crippen LogP contribution in [-0.4, -0.2) is 30.7 Å². The van der Waals surface area contributed by atoms with Crippen LogP contribution < -0.4 is 4.90 Å². The Kier molecular flexibility index (Phi) is 3.44. The molecule has 0 amide bonds. The number of non-ortho nitro benzene ring substituents is 1. The highest BCUT2D eigenvalue weighted by atomic mass is 16.6. The van der Waals surface area contributed by atoms with E-state index in [0.717, 1.165) is 11.3 Å². The third-order valence-electron chi connectivity index (χ3n) is 2.94. The summed E-state index contributed by atoms with van der Waals surface area (Å²) in [6.07, 6.45) is -0.437. The van der Waals surface area contributed by atoms with E-state index in [1.807, 2.05) is 11.8 Å². The Bertz CT molecular complexity index is 510. The molecule has 0 bridgehead atoms. The molecule has 0 aliphatic carbocycles. The monoisotopic (exact) mass is 247 g/mol. The molecule has 2 rings (SSSR count). The zero-order chi connectivity index (χ0) is 13.1. The molecule has 1 saturated heterocycles. The largest absolute Gasteiger partial charge is 0.365 e. The van der Waals surface area contributed by atoms with E-state index in [-0.39, 0.29) is 5.69 Å². The zero-order valence-electron chi connectivity index (χ0n) is 10.00. The minimum Gasteiger partial charge on any atom is -0.365 e. The van der Waals surface area contributed by atoms with E-state index in [1.54, 1.807) is 12.1 Å². The summed E-state index contributed by atoms with van der Waals surface area (Å²) < 4.78 is 5.27. The van der Waals surface area contributed by atoms with E-state index in [0.29, 0.717) is 19.7 Å². The molecule has 1 unspecified atom stereocenters. The molecule has 94 valence electrons. The average Bonchev–Trinajstić information content (AvgIpc) is 2.38. The molecule has 18 heavy (non-hydrogen) atoms. The van der Waals surface area contributed by atoms with Crippen LogP contribution in [0.2, 0.25) is 0 Å². The molecule has 0 radical (unpaired) electrons. The zero-order valence-corrected chi connectivity index (χ0v) is 10.00. The lowest BCUT2D eigenvalue weighted by Crippen LogP contribution is -2.42. The lowest BCUT2D eigenvalue weighted by molar-refractivity contribution is -0.384. The van der Waals surface area contributed by atoms with Crippen LogP contribution in [0.5, 0.6) is 0 Å². The summed E-state index contributed by atoms with van der Waals surface area (Å²) in [7, 11) is 0. The van der Waals surface area contributed by atoms with Gasteiger partial charge in [-0.3, -0.25) is 10.1 Å². The molecule has 1 fully saturated rings. The third kappa shape index (κ3) is 2.41. The quantitative estimate of drug-likeness (QED) is 0.586. The van der Waals surface area contributed by atoms with Crippen molar-refractivity contribution in [1.82, 2.24) is 0 Å². The smallest absolute Gasteiger partial charge is 0.269 e. The number of rotatable bonds is 2. The molecule has 1 atom stereocenters. The number of aryl methyl sites for hydroxylation is 1. The highest BCUT2D eigenvalue weighted by Gasteiger charge is 2.22. The first-order chi connectivity index (χ1) is 8.61. The Morgan fingerprint density at radius 2 is 2.39 bits per heavy atom. The van der Waals surface area contributed by atoms with Crippen LogP contribution >= 0.6 is 0 Å². The van der Waals surface area contributed by atoms with Crippen molar-refractivity contribution in [2.24, 2.45) is 0 Å². The van der Waals surface area contributed by atoms with Gasteiger partial charge in [0.05, 0.1) is 24.1 Å². The first kappa shape index (κ1) is 12.3. The van der Waals surface area contributed by atoms with Crippen LogP contribution in [0.3, 0.4) is 0 Å². The van der Waals surface area contributed by atoms with E-state index < -0.39 is 11.0 Å². The molecule has 0 N–H and O–H groups in total. The summed E-state index contributed by atoms with van der Waals surface area (Å²) in [5.41, 5.74) is 1.84. The van der Waals surface area contributed by atoms with Gasteiger partial charge in [-0.1, -0.05) is 0 Å². The molecule has 6 nitrogen and oxygen atoms in total. The Morgan fingerprint density at radius 3 is 3.00 bits per heavy atom. The number of ether oxygens (including phenoxy) is 1. The summed E-state index contributed by atoms with van der Waals surface area (Å²) in [4.78, 5) is 12.3. The first-order valence-corrected chi connectivity index (χ1v) is 5.63. The molecule has 1 aliphatic heterocycles. The molecule has 6 heteroatoms. The summed E-state index contributed by atoms with van der Waals surface area (Å²) in [6, 6.07) is 6.84. The Hall–Kier alpha value is -2.13. The second-order valence-electron chi connectivity index (χ2n) is 4.16. The number of morpholine rings is 1. The first-order valence-electron chi connectivity index (χ1n) is 5.63. The molecule has 0 aromatic heterocycles. The van der Waals surface area contributed by atoms with Gasteiger partial charge < -0.3 is 9.64 Å². The predicted octanol–water partition coefficient (Wildman–Crippen LogP) is 1.63. The van der Waals surface area contributed by atoms with Gasteiger partial charge in [0.2, 0.25) is 0 Å². The van der Waals surface area contributed by atoms with E-state index in [9.17, 15) is 10.1 Å². The number of nitrogens with zero attached hydrogens (tertiary/aromatic N) is 3. The maximum atomic E-state index is 10.7. The number of benzene rings is 1. The van der Waals surface area contributed by atoms with Gasteiger partial charge in [-0.2, -0.15) is 5.26 Å². The van der Waals surface area contributed by atoms with Crippen molar-refractivity contribution in [1.29, 1.82) is 5.26 Å². The van der Waals surface area contributed by atoms with Crippen molar-refractivity contribution in [2.45, 2.75) is 13.0 Å². The van der Waals surface area contributed by atoms with Crippen molar-refractivity contribution < 1.29 is 9.66 Å². The van der Waals surface area contributed by atoms with Crippen molar-refractivity contribution in [3.8, 4) is 6.07 Å². The molecule has 1 heterocycles. The van der Waals surface area contributed by atoms with Crippen LogP contribution in [0.4, 0.5) is 11.4 Å². The third-order valence-corrected chi connectivity index (χ3v) is 2.94. The summed E-state index contributed by atoms with van der Waals surface area (Å²) in [5.74, 6) is 0. The lowest BCUT2D eigenvalue weighted by atomic mass is 10.1. The van der Waals surface area contributed by atoms with Gasteiger partial charge in [-0.15, -0.1) is 0 Å². The van der Waals surface area contributed by atoms with E-state index in [4.69, 9.17) is 10.00 Å². The minimum absolute atomic E-state index is 0.0846. The van der Waals surface area contributed by atoms with Gasteiger partial charge in [-0.05, 0) is 18.6 Å². The van der Waals surface area contributed by atoms with Gasteiger partial charge in [0.1, 0.15) is 0 Å². The summed E-state index contributed by atoms with van der Waals surface area (Å²) in [6.45, 7) is 3.51. The van der Waals surface area contributed by atoms with Crippen molar-refractivity contribution >= 4 is 11.4 Å². The van der Waals surface area contributed by atoms with Crippen molar-refractivity contribution in [3.63, 3.8) is 0 Å². The van der Waals surface area contributed by atoms with Crippen LogP contribution in [0, 0.1) is 28.4 Å².